The molecule has 21 heavy (non-hydrogen) atoms. The smallest absolute Gasteiger partial charge is 0.228 e. The normalized spacial score (nSPS) is 10.6. The maximum atomic E-state index is 11.6. The lowest BCUT2D eigenvalue weighted by molar-refractivity contribution is -0.122. The van der Waals surface area contributed by atoms with Gasteiger partial charge < -0.3 is 15.4 Å². The molecule has 5 heteroatoms. The highest BCUT2D eigenvalue weighted by molar-refractivity contribution is 7.80. The van der Waals surface area contributed by atoms with E-state index in [9.17, 15) is 4.79 Å². The van der Waals surface area contributed by atoms with Crippen LogP contribution in [0.25, 0.3) is 0 Å². The number of thiocarbonyl (C=S) groups is 1. The Kier molecular flexibility index (Phi) is 7.15. The number of amides is 1. The van der Waals surface area contributed by atoms with Crippen molar-refractivity contribution in [3.05, 3.63) is 24.3 Å². The molecule has 1 amide bonds. The Hall–Kier alpha value is -1.62. The molecule has 1 aromatic carbocycles. The van der Waals surface area contributed by atoms with Crippen LogP contribution in [0.5, 0.6) is 5.75 Å². The van der Waals surface area contributed by atoms with Crippen molar-refractivity contribution in [1.29, 1.82) is 0 Å². The van der Waals surface area contributed by atoms with Crippen molar-refractivity contribution < 1.29 is 9.53 Å². The van der Waals surface area contributed by atoms with E-state index in [4.69, 9.17) is 17.0 Å². The molecule has 0 fully saturated rings. The Morgan fingerprint density at radius 2 is 2.00 bits per heavy atom. The molecule has 0 aliphatic carbocycles. The molecule has 0 aliphatic heterocycles. The maximum Gasteiger partial charge on any atom is 0.228 e. The van der Waals surface area contributed by atoms with Crippen LogP contribution in [-0.2, 0) is 4.79 Å². The molecule has 0 aromatic heterocycles. The average Bonchev–Trinajstić information content (AvgIpc) is 2.38. The van der Waals surface area contributed by atoms with E-state index in [-0.39, 0.29) is 11.8 Å². The Balaban J connectivity index is 2.52. The first-order chi connectivity index (χ1) is 9.88. The summed E-state index contributed by atoms with van der Waals surface area (Å²) in [7, 11) is 0. The molecule has 0 saturated heterocycles. The van der Waals surface area contributed by atoms with Gasteiger partial charge in [0.1, 0.15) is 5.75 Å². The largest absolute Gasteiger partial charge is 0.494 e. The molecule has 1 aromatic rings. The molecule has 0 bridgehead atoms. The second kappa shape index (κ2) is 8.62. The summed E-state index contributed by atoms with van der Waals surface area (Å²) >= 11 is 5.11. The number of hydrogen-bond acceptors (Lipinski definition) is 3. The number of ether oxygens (including phenoxy) is 1. The average molecular weight is 308 g/mol. The topological polar surface area (TPSA) is 50.4 Å². The Morgan fingerprint density at radius 3 is 2.62 bits per heavy atom. The van der Waals surface area contributed by atoms with E-state index in [0.29, 0.717) is 17.6 Å². The molecule has 0 heterocycles. The van der Waals surface area contributed by atoms with Crippen LogP contribution in [0.2, 0.25) is 0 Å². The van der Waals surface area contributed by atoms with Gasteiger partial charge in [0.05, 0.1) is 6.61 Å². The summed E-state index contributed by atoms with van der Waals surface area (Å²) < 4.78 is 5.69. The van der Waals surface area contributed by atoms with Crippen molar-refractivity contribution in [3.8, 4) is 5.75 Å². The van der Waals surface area contributed by atoms with E-state index in [1.54, 1.807) is 0 Å². The van der Waals surface area contributed by atoms with Crippen molar-refractivity contribution in [1.82, 2.24) is 5.32 Å². The molecule has 0 spiro atoms. The zero-order valence-corrected chi connectivity index (χ0v) is 13.9. The van der Waals surface area contributed by atoms with E-state index in [2.05, 4.69) is 24.5 Å². The maximum absolute atomic E-state index is 11.6. The summed E-state index contributed by atoms with van der Waals surface area (Å²) in [6, 6.07) is 7.54. The number of carbonyl (C=O) groups is 1. The summed E-state index contributed by atoms with van der Waals surface area (Å²) in [5.41, 5.74) is 0.797. The Labute approximate surface area is 132 Å². The van der Waals surface area contributed by atoms with Crippen molar-refractivity contribution in [2.45, 2.75) is 34.1 Å². The fourth-order valence-corrected chi connectivity index (χ4v) is 1.71. The van der Waals surface area contributed by atoms with Crippen LogP contribution >= 0.6 is 12.2 Å². The van der Waals surface area contributed by atoms with Gasteiger partial charge in [0.15, 0.2) is 5.11 Å². The minimum absolute atomic E-state index is 0.100. The fraction of sp³-hybridized carbons (Fsp3) is 0.500. The van der Waals surface area contributed by atoms with Gasteiger partial charge in [-0.05, 0) is 36.7 Å². The second-order valence-corrected chi connectivity index (χ2v) is 6.07. The highest BCUT2D eigenvalue weighted by atomic mass is 32.1. The zero-order chi connectivity index (χ0) is 15.8. The van der Waals surface area contributed by atoms with Gasteiger partial charge in [-0.15, -0.1) is 0 Å². The zero-order valence-electron chi connectivity index (χ0n) is 13.1. The molecule has 0 unspecified atom stereocenters. The van der Waals surface area contributed by atoms with Gasteiger partial charge in [0, 0.05) is 17.7 Å². The highest BCUT2D eigenvalue weighted by Crippen LogP contribution is 2.18. The minimum atomic E-state index is -0.101. The summed E-state index contributed by atoms with van der Waals surface area (Å²) in [6.07, 6.45) is 1.01. The predicted molar refractivity (Wildman–Crippen MR) is 90.6 cm³/mol. The molecule has 0 saturated carbocycles. The van der Waals surface area contributed by atoms with E-state index in [0.717, 1.165) is 17.9 Å². The summed E-state index contributed by atoms with van der Waals surface area (Å²) in [5.74, 6) is 1.20. The highest BCUT2D eigenvalue weighted by Gasteiger charge is 2.09. The molecule has 0 radical (unpaired) electrons. The third-order valence-corrected chi connectivity index (χ3v) is 3.02. The summed E-state index contributed by atoms with van der Waals surface area (Å²) in [5, 5.41) is 5.93. The second-order valence-electron chi connectivity index (χ2n) is 5.66. The van der Waals surface area contributed by atoms with Crippen LogP contribution in [0.15, 0.2) is 24.3 Å². The molecule has 0 aliphatic rings. The van der Waals surface area contributed by atoms with Crippen molar-refractivity contribution >= 4 is 28.9 Å². The third-order valence-electron chi connectivity index (χ3n) is 2.82. The molecule has 116 valence electrons. The first-order valence-corrected chi connectivity index (χ1v) is 7.64. The third kappa shape index (κ3) is 7.09. The van der Waals surface area contributed by atoms with Crippen LogP contribution in [0.3, 0.4) is 0 Å². The SMILES string of the molecule is CC(C)CCOc1cccc(NC(=S)NC(=O)C(C)C)c1. The number of rotatable bonds is 6. The number of benzene rings is 1. The lowest BCUT2D eigenvalue weighted by atomic mass is 10.1. The van der Waals surface area contributed by atoms with E-state index in [1.807, 2.05) is 38.1 Å². The molecular weight excluding hydrogens is 284 g/mol. The first-order valence-electron chi connectivity index (χ1n) is 7.23. The minimum Gasteiger partial charge on any atom is -0.494 e. The van der Waals surface area contributed by atoms with Crippen molar-refractivity contribution in [2.75, 3.05) is 11.9 Å². The molecular formula is C16H24N2O2S. The van der Waals surface area contributed by atoms with Gasteiger partial charge in [-0.2, -0.15) is 0 Å². The van der Waals surface area contributed by atoms with Crippen molar-refractivity contribution in [2.24, 2.45) is 11.8 Å². The van der Waals surface area contributed by atoms with Gasteiger partial charge >= 0.3 is 0 Å². The Bertz CT molecular complexity index is 487. The molecule has 4 nitrogen and oxygen atoms in total. The lowest BCUT2D eigenvalue weighted by Crippen LogP contribution is -2.36. The molecule has 0 atom stereocenters. The van der Waals surface area contributed by atoms with Gasteiger partial charge in [0.25, 0.3) is 0 Å². The fourth-order valence-electron chi connectivity index (χ4n) is 1.49. The number of carbonyl (C=O) groups excluding carboxylic acids is 1. The summed E-state index contributed by atoms with van der Waals surface area (Å²) in [4.78, 5) is 11.6. The quantitative estimate of drug-likeness (QED) is 0.789. The predicted octanol–water partition coefficient (Wildman–Crippen LogP) is 3.58. The Morgan fingerprint density at radius 1 is 1.29 bits per heavy atom. The van der Waals surface area contributed by atoms with Gasteiger partial charge in [0.2, 0.25) is 5.91 Å². The van der Waals surface area contributed by atoms with Crippen LogP contribution in [0, 0.1) is 11.8 Å². The van der Waals surface area contributed by atoms with E-state index < -0.39 is 0 Å². The number of anilines is 1. The van der Waals surface area contributed by atoms with Crippen LogP contribution in [-0.4, -0.2) is 17.6 Å². The van der Waals surface area contributed by atoms with E-state index in [1.165, 1.54) is 0 Å². The lowest BCUT2D eigenvalue weighted by Gasteiger charge is -2.13. The molecule has 1 rings (SSSR count). The van der Waals surface area contributed by atoms with Crippen LogP contribution in [0.4, 0.5) is 5.69 Å². The van der Waals surface area contributed by atoms with Crippen LogP contribution < -0.4 is 15.4 Å². The number of nitrogens with one attached hydrogen (secondary N) is 2. The van der Waals surface area contributed by atoms with E-state index >= 15 is 0 Å². The number of hydrogen-bond donors (Lipinski definition) is 2. The van der Waals surface area contributed by atoms with Crippen LogP contribution in [0.1, 0.15) is 34.1 Å². The van der Waals surface area contributed by atoms with Gasteiger partial charge in [-0.25, -0.2) is 0 Å². The first kappa shape index (κ1) is 17.4. The van der Waals surface area contributed by atoms with Gasteiger partial charge in [-0.3, -0.25) is 4.79 Å². The summed E-state index contributed by atoms with van der Waals surface area (Å²) in [6.45, 7) is 8.66. The van der Waals surface area contributed by atoms with Crippen molar-refractivity contribution in [3.63, 3.8) is 0 Å². The molecule has 2 N–H and O–H groups in total. The monoisotopic (exact) mass is 308 g/mol. The van der Waals surface area contributed by atoms with Gasteiger partial charge in [-0.1, -0.05) is 33.8 Å². The standard InChI is InChI=1S/C16H24N2O2S/c1-11(2)8-9-20-14-7-5-6-13(10-14)17-16(21)18-15(19)12(3)4/h5-7,10-12H,8-9H2,1-4H3,(H2,17,18,19,21).